The van der Waals surface area contributed by atoms with Gasteiger partial charge in [0.25, 0.3) is 5.91 Å². The van der Waals surface area contributed by atoms with Crippen LogP contribution in [0.5, 0.6) is 0 Å². The zero-order chi connectivity index (χ0) is 21.3. The number of amides is 1. The lowest BCUT2D eigenvalue weighted by molar-refractivity contribution is 0.102. The highest BCUT2D eigenvalue weighted by Gasteiger charge is 2.17. The summed E-state index contributed by atoms with van der Waals surface area (Å²) in [6.45, 7) is 7.36. The third kappa shape index (κ3) is 3.90. The van der Waals surface area contributed by atoms with Crippen LogP contribution in [-0.4, -0.2) is 31.0 Å². The van der Waals surface area contributed by atoms with Gasteiger partial charge in [-0.3, -0.25) is 4.79 Å². The summed E-state index contributed by atoms with van der Waals surface area (Å²) in [5.74, 6) is 1.50. The number of benzene rings is 1. The van der Waals surface area contributed by atoms with Gasteiger partial charge in [0.15, 0.2) is 11.6 Å². The maximum atomic E-state index is 12.4. The number of hydrogen-bond donors (Lipinski definition) is 2. The molecular formula is C21H21N7O2. The molecule has 0 aliphatic rings. The standard InChI is InChI=1S/C21H21N7O2/c1-12-11-13(2)28(26-12)19-10-9-18(24-25-19)22-16-5-7-17(8-6-16)23-21(29)20-14(3)27-30-15(20)4/h5-11H,1-4H3,(H,22,24)(H,23,29). The van der Waals surface area contributed by atoms with Gasteiger partial charge in [-0.15, -0.1) is 10.2 Å². The molecule has 9 nitrogen and oxygen atoms in total. The molecule has 0 fully saturated rings. The monoisotopic (exact) mass is 403 g/mol. The van der Waals surface area contributed by atoms with Crippen LogP contribution in [0.15, 0.2) is 47.0 Å². The molecule has 0 aliphatic carbocycles. The lowest BCUT2D eigenvalue weighted by Crippen LogP contribution is -2.13. The molecule has 0 unspecified atom stereocenters. The summed E-state index contributed by atoms with van der Waals surface area (Å²) in [4.78, 5) is 12.4. The average Bonchev–Trinajstić information content (AvgIpc) is 3.24. The maximum absolute atomic E-state index is 12.4. The minimum Gasteiger partial charge on any atom is -0.361 e. The Balaban J connectivity index is 1.42. The van der Waals surface area contributed by atoms with Gasteiger partial charge in [-0.05, 0) is 70.2 Å². The van der Waals surface area contributed by atoms with Crippen molar-refractivity contribution in [3.8, 4) is 5.82 Å². The Morgan fingerprint density at radius 2 is 1.70 bits per heavy atom. The van der Waals surface area contributed by atoms with E-state index < -0.39 is 0 Å². The normalized spacial score (nSPS) is 10.8. The highest BCUT2D eigenvalue weighted by Crippen LogP contribution is 2.20. The molecule has 0 spiro atoms. The predicted octanol–water partition coefficient (Wildman–Crippen LogP) is 3.88. The van der Waals surface area contributed by atoms with Gasteiger partial charge >= 0.3 is 0 Å². The first-order valence-corrected chi connectivity index (χ1v) is 9.39. The van der Waals surface area contributed by atoms with Crippen LogP contribution in [0.2, 0.25) is 0 Å². The largest absolute Gasteiger partial charge is 0.361 e. The Morgan fingerprint density at radius 1 is 0.967 bits per heavy atom. The first-order chi connectivity index (χ1) is 14.4. The summed E-state index contributed by atoms with van der Waals surface area (Å²) in [7, 11) is 0. The Bertz CT molecular complexity index is 1170. The zero-order valence-corrected chi connectivity index (χ0v) is 17.1. The molecule has 152 valence electrons. The number of rotatable bonds is 5. The number of carbonyl (C=O) groups excluding carboxylic acids is 1. The predicted molar refractivity (Wildman–Crippen MR) is 112 cm³/mol. The fourth-order valence-electron chi connectivity index (χ4n) is 3.15. The second-order valence-electron chi connectivity index (χ2n) is 6.97. The molecule has 0 bridgehead atoms. The maximum Gasteiger partial charge on any atom is 0.261 e. The van der Waals surface area contributed by atoms with E-state index in [2.05, 4.69) is 31.1 Å². The van der Waals surface area contributed by atoms with E-state index in [0.717, 1.165) is 17.1 Å². The van der Waals surface area contributed by atoms with Crippen LogP contribution < -0.4 is 10.6 Å². The summed E-state index contributed by atoms with van der Waals surface area (Å²) >= 11 is 0. The number of nitrogens with zero attached hydrogens (tertiary/aromatic N) is 5. The molecule has 3 aromatic heterocycles. The number of hydrogen-bond acceptors (Lipinski definition) is 7. The highest BCUT2D eigenvalue weighted by molar-refractivity contribution is 6.05. The van der Waals surface area contributed by atoms with E-state index in [1.165, 1.54) is 0 Å². The fraction of sp³-hybridized carbons (Fsp3) is 0.190. The summed E-state index contributed by atoms with van der Waals surface area (Å²) < 4.78 is 6.80. The van der Waals surface area contributed by atoms with Crippen LogP contribution in [0, 0.1) is 27.7 Å². The minimum atomic E-state index is -0.252. The van der Waals surface area contributed by atoms with Gasteiger partial charge in [0.2, 0.25) is 0 Å². The van der Waals surface area contributed by atoms with Crippen LogP contribution in [-0.2, 0) is 0 Å². The minimum absolute atomic E-state index is 0.252. The van der Waals surface area contributed by atoms with Crippen LogP contribution in [0.25, 0.3) is 5.82 Å². The van der Waals surface area contributed by atoms with Crippen molar-refractivity contribution >= 4 is 23.1 Å². The zero-order valence-electron chi connectivity index (χ0n) is 17.1. The number of anilines is 3. The van der Waals surface area contributed by atoms with Crippen molar-refractivity contribution in [3.05, 3.63) is 70.9 Å². The molecule has 0 aliphatic heterocycles. The number of aryl methyl sites for hydroxylation is 4. The van der Waals surface area contributed by atoms with E-state index in [1.54, 1.807) is 30.7 Å². The summed E-state index contributed by atoms with van der Waals surface area (Å²) in [6, 6.07) is 13.0. The first-order valence-electron chi connectivity index (χ1n) is 9.39. The van der Waals surface area contributed by atoms with E-state index in [4.69, 9.17) is 4.52 Å². The number of carbonyl (C=O) groups is 1. The number of aromatic nitrogens is 5. The van der Waals surface area contributed by atoms with Gasteiger partial charge in [0.1, 0.15) is 11.3 Å². The smallest absolute Gasteiger partial charge is 0.261 e. The molecule has 9 heteroatoms. The first kappa shape index (κ1) is 19.3. The van der Waals surface area contributed by atoms with Crippen molar-refractivity contribution in [2.24, 2.45) is 0 Å². The molecule has 2 N–H and O–H groups in total. The van der Waals surface area contributed by atoms with E-state index in [-0.39, 0.29) is 5.91 Å². The number of nitrogens with one attached hydrogen (secondary N) is 2. The van der Waals surface area contributed by atoms with E-state index in [9.17, 15) is 4.79 Å². The van der Waals surface area contributed by atoms with Crippen LogP contribution in [0.4, 0.5) is 17.2 Å². The van der Waals surface area contributed by atoms with E-state index in [0.29, 0.717) is 34.3 Å². The van der Waals surface area contributed by atoms with Crippen LogP contribution in [0.1, 0.15) is 33.2 Å². The third-order valence-electron chi connectivity index (χ3n) is 4.55. The van der Waals surface area contributed by atoms with Crippen molar-refractivity contribution in [2.75, 3.05) is 10.6 Å². The van der Waals surface area contributed by atoms with Gasteiger partial charge in [-0.25, -0.2) is 4.68 Å². The molecule has 0 saturated carbocycles. The second kappa shape index (κ2) is 7.78. The molecule has 0 saturated heterocycles. The molecule has 1 aromatic carbocycles. The second-order valence-corrected chi connectivity index (χ2v) is 6.97. The Labute approximate surface area is 173 Å². The SMILES string of the molecule is Cc1cc(C)n(-c2ccc(Nc3ccc(NC(=O)c4c(C)noc4C)cc3)nn2)n1. The Hall–Kier alpha value is -4.01. The quantitative estimate of drug-likeness (QED) is 0.520. The van der Waals surface area contributed by atoms with Gasteiger partial charge in [-0.1, -0.05) is 5.16 Å². The summed E-state index contributed by atoms with van der Waals surface area (Å²) in [5, 5.41) is 22.7. The molecule has 0 atom stereocenters. The van der Waals surface area contributed by atoms with Crippen LogP contribution >= 0.6 is 0 Å². The summed E-state index contributed by atoms with van der Waals surface area (Å²) in [6.07, 6.45) is 0. The van der Waals surface area contributed by atoms with Crippen molar-refractivity contribution in [2.45, 2.75) is 27.7 Å². The third-order valence-corrected chi connectivity index (χ3v) is 4.55. The van der Waals surface area contributed by atoms with Crippen LogP contribution in [0.3, 0.4) is 0 Å². The molecule has 4 rings (SSSR count). The molecule has 3 heterocycles. The Kier molecular flexibility index (Phi) is 5.01. The van der Waals surface area contributed by atoms with Crippen molar-refractivity contribution in [1.82, 2.24) is 25.1 Å². The van der Waals surface area contributed by atoms with Gasteiger partial charge < -0.3 is 15.2 Å². The lowest BCUT2D eigenvalue weighted by atomic mass is 10.2. The molecular weight excluding hydrogens is 382 g/mol. The van der Waals surface area contributed by atoms with Gasteiger partial charge in [0, 0.05) is 17.1 Å². The molecule has 4 aromatic rings. The Morgan fingerprint density at radius 3 is 2.27 bits per heavy atom. The lowest BCUT2D eigenvalue weighted by Gasteiger charge is -2.08. The average molecular weight is 403 g/mol. The fourth-order valence-corrected chi connectivity index (χ4v) is 3.15. The molecule has 1 amide bonds. The molecule has 0 radical (unpaired) electrons. The van der Waals surface area contributed by atoms with E-state index >= 15 is 0 Å². The van der Waals surface area contributed by atoms with E-state index in [1.807, 2.05) is 44.2 Å². The van der Waals surface area contributed by atoms with Crippen molar-refractivity contribution in [3.63, 3.8) is 0 Å². The van der Waals surface area contributed by atoms with Gasteiger partial charge in [0.05, 0.1) is 11.4 Å². The highest BCUT2D eigenvalue weighted by atomic mass is 16.5. The molecule has 30 heavy (non-hydrogen) atoms. The topological polar surface area (TPSA) is 111 Å². The van der Waals surface area contributed by atoms with Gasteiger partial charge in [-0.2, -0.15) is 5.10 Å². The summed E-state index contributed by atoms with van der Waals surface area (Å²) in [5.41, 5.74) is 4.42. The van der Waals surface area contributed by atoms with Crippen molar-refractivity contribution in [1.29, 1.82) is 0 Å². The van der Waals surface area contributed by atoms with Crippen molar-refractivity contribution < 1.29 is 9.32 Å².